The molecule has 1 aliphatic carbocycles. The third kappa shape index (κ3) is 6.29. The zero-order valence-electron chi connectivity index (χ0n) is 18.7. The molecule has 1 aliphatic rings. The monoisotopic (exact) mass is 475 g/mol. The number of rotatable bonds is 7. The van der Waals surface area contributed by atoms with Gasteiger partial charge in [0.05, 0.1) is 5.52 Å². The SMILES string of the molecule is CN(C)c1nc(N[C@H]2CC[C@@H](NCc3ccccc3SC(F)(F)F)CC2)nc2ccccc12. The molecule has 0 radical (unpaired) electrons. The Labute approximate surface area is 196 Å². The summed E-state index contributed by atoms with van der Waals surface area (Å²) in [6, 6.07) is 15.2. The largest absolute Gasteiger partial charge is 0.446 e. The van der Waals surface area contributed by atoms with E-state index in [4.69, 9.17) is 4.98 Å². The molecule has 1 saturated carbocycles. The highest BCUT2D eigenvalue weighted by molar-refractivity contribution is 8.00. The Hall–Kier alpha value is -2.52. The average molecular weight is 476 g/mol. The molecular formula is C24H28F3N5S. The molecule has 5 nitrogen and oxygen atoms in total. The van der Waals surface area contributed by atoms with Crippen molar-refractivity contribution >= 4 is 34.4 Å². The number of benzene rings is 2. The first-order chi connectivity index (χ1) is 15.8. The second-order valence-corrected chi connectivity index (χ2v) is 9.62. The Morgan fingerprint density at radius 1 is 0.939 bits per heavy atom. The van der Waals surface area contributed by atoms with Gasteiger partial charge in [-0.05, 0) is 61.2 Å². The Bertz CT molecular complexity index is 1080. The first-order valence-corrected chi connectivity index (χ1v) is 11.9. The van der Waals surface area contributed by atoms with Crippen LogP contribution in [-0.4, -0.2) is 41.7 Å². The van der Waals surface area contributed by atoms with E-state index in [0.29, 0.717) is 18.1 Å². The highest BCUT2D eigenvalue weighted by Gasteiger charge is 2.30. The standard InChI is InChI=1S/C24H28F3N5S/c1-32(2)22-19-8-4-5-9-20(19)30-23(31-22)29-18-13-11-17(12-14-18)28-15-16-7-3-6-10-21(16)33-24(25,26)27/h3-10,17-18,28H,11-15H2,1-2H3,(H,29,30,31)/t17-,18+. The van der Waals surface area contributed by atoms with Gasteiger partial charge >= 0.3 is 5.51 Å². The van der Waals surface area contributed by atoms with Crippen molar-refractivity contribution in [1.29, 1.82) is 0 Å². The molecule has 0 spiro atoms. The summed E-state index contributed by atoms with van der Waals surface area (Å²) in [5.41, 5.74) is -2.69. The van der Waals surface area contributed by atoms with Gasteiger partial charge < -0.3 is 15.5 Å². The van der Waals surface area contributed by atoms with Crippen molar-refractivity contribution in [2.45, 2.75) is 54.7 Å². The normalized spacial score (nSPS) is 18.9. The lowest BCUT2D eigenvalue weighted by atomic mass is 9.91. The lowest BCUT2D eigenvalue weighted by Crippen LogP contribution is -2.37. The maximum Gasteiger partial charge on any atom is 0.446 e. The zero-order valence-corrected chi connectivity index (χ0v) is 19.5. The highest BCUT2D eigenvalue weighted by Crippen LogP contribution is 2.38. The summed E-state index contributed by atoms with van der Waals surface area (Å²) in [6.07, 6.45) is 3.79. The number of thioether (sulfide) groups is 1. The van der Waals surface area contributed by atoms with Crippen molar-refractivity contribution in [3.8, 4) is 0 Å². The first kappa shape index (κ1) is 23.6. The topological polar surface area (TPSA) is 53.1 Å². The van der Waals surface area contributed by atoms with Gasteiger partial charge in [-0.15, -0.1) is 0 Å². The van der Waals surface area contributed by atoms with Crippen molar-refractivity contribution < 1.29 is 13.2 Å². The average Bonchev–Trinajstić information content (AvgIpc) is 2.78. The molecule has 176 valence electrons. The molecule has 0 unspecified atom stereocenters. The highest BCUT2D eigenvalue weighted by atomic mass is 32.2. The second-order valence-electron chi connectivity index (χ2n) is 8.51. The Kier molecular flexibility index (Phi) is 7.29. The summed E-state index contributed by atoms with van der Waals surface area (Å²) in [5, 5.41) is 7.96. The quantitative estimate of drug-likeness (QED) is 0.420. The van der Waals surface area contributed by atoms with Crippen LogP contribution < -0.4 is 15.5 Å². The van der Waals surface area contributed by atoms with Gasteiger partial charge in [0.25, 0.3) is 0 Å². The fraction of sp³-hybridized carbons (Fsp3) is 0.417. The first-order valence-electron chi connectivity index (χ1n) is 11.1. The molecule has 0 aliphatic heterocycles. The molecule has 1 aromatic heterocycles. The van der Waals surface area contributed by atoms with E-state index in [-0.39, 0.29) is 28.7 Å². The molecule has 0 amide bonds. The summed E-state index contributed by atoms with van der Waals surface area (Å²) in [5.74, 6) is 1.51. The number of para-hydroxylation sites is 1. The van der Waals surface area contributed by atoms with Crippen LogP contribution in [0.25, 0.3) is 10.9 Å². The van der Waals surface area contributed by atoms with E-state index in [9.17, 15) is 13.2 Å². The maximum absolute atomic E-state index is 12.8. The lowest BCUT2D eigenvalue weighted by Gasteiger charge is -2.30. The van der Waals surface area contributed by atoms with Crippen LogP contribution >= 0.6 is 11.8 Å². The van der Waals surface area contributed by atoms with E-state index in [1.165, 1.54) is 6.07 Å². The number of aromatic nitrogens is 2. The summed E-state index contributed by atoms with van der Waals surface area (Å²) in [6.45, 7) is 0.433. The van der Waals surface area contributed by atoms with Gasteiger partial charge in [0.1, 0.15) is 5.82 Å². The van der Waals surface area contributed by atoms with E-state index in [1.807, 2.05) is 43.3 Å². The van der Waals surface area contributed by atoms with Crippen molar-refractivity contribution in [3.05, 3.63) is 54.1 Å². The third-order valence-corrected chi connectivity index (χ3v) is 6.70. The minimum atomic E-state index is -4.28. The number of nitrogens with zero attached hydrogens (tertiary/aromatic N) is 3. The van der Waals surface area contributed by atoms with E-state index in [1.54, 1.807) is 18.2 Å². The van der Waals surface area contributed by atoms with Gasteiger partial charge in [-0.1, -0.05) is 30.3 Å². The van der Waals surface area contributed by atoms with Crippen molar-refractivity contribution in [2.24, 2.45) is 0 Å². The molecule has 1 fully saturated rings. The predicted octanol–water partition coefficient (Wildman–Crippen LogP) is 5.82. The zero-order chi connectivity index (χ0) is 23.4. The molecule has 2 N–H and O–H groups in total. The number of nitrogens with one attached hydrogen (secondary N) is 2. The Morgan fingerprint density at radius 3 is 2.33 bits per heavy atom. The van der Waals surface area contributed by atoms with Crippen LogP contribution in [-0.2, 0) is 6.54 Å². The minimum Gasteiger partial charge on any atom is -0.362 e. The molecule has 1 heterocycles. The summed E-state index contributed by atoms with van der Waals surface area (Å²) in [4.78, 5) is 11.7. The fourth-order valence-corrected chi connectivity index (χ4v) is 4.89. The van der Waals surface area contributed by atoms with E-state index in [2.05, 4.69) is 15.6 Å². The number of anilines is 2. The fourth-order valence-electron chi connectivity index (χ4n) is 4.22. The van der Waals surface area contributed by atoms with Gasteiger partial charge in [-0.3, -0.25) is 0 Å². The molecule has 9 heteroatoms. The Balaban J connectivity index is 1.33. The van der Waals surface area contributed by atoms with E-state index >= 15 is 0 Å². The van der Waals surface area contributed by atoms with Crippen molar-refractivity contribution in [1.82, 2.24) is 15.3 Å². The van der Waals surface area contributed by atoms with Crippen LogP contribution in [0.1, 0.15) is 31.2 Å². The smallest absolute Gasteiger partial charge is 0.362 e. The molecule has 33 heavy (non-hydrogen) atoms. The number of alkyl halides is 3. The molecule has 0 atom stereocenters. The second kappa shape index (κ2) is 10.2. The van der Waals surface area contributed by atoms with Gasteiger partial charge in [0.2, 0.25) is 5.95 Å². The summed E-state index contributed by atoms with van der Waals surface area (Å²) >= 11 is -0.0480. The number of hydrogen-bond donors (Lipinski definition) is 2. The van der Waals surface area contributed by atoms with Crippen LogP contribution in [0.4, 0.5) is 24.9 Å². The summed E-state index contributed by atoms with van der Waals surface area (Å²) in [7, 11) is 3.95. The van der Waals surface area contributed by atoms with Crippen LogP contribution in [0.2, 0.25) is 0 Å². The maximum atomic E-state index is 12.8. The molecule has 0 bridgehead atoms. The number of fused-ring (bicyclic) bond motifs is 1. The Morgan fingerprint density at radius 2 is 1.61 bits per heavy atom. The molecule has 4 rings (SSSR count). The van der Waals surface area contributed by atoms with E-state index in [0.717, 1.165) is 42.4 Å². The lowest BCUT2D eigenvalue weighted by molar-refractivity contribution is -0.0328. The van der Waals surface area contributed by atoms with Crippen molar-refractivity contribution in [3.63, 3.8) is 0 Å². The van der Waals surface area contributed by atoms with Gasteiger partial charge in [0.15, 0.2) is 0 Å². The summed E-state index contributed by atoms with van der Waals surface area (Å²) < 4.78 is 38.4. The van der Waals surface area contributed by atoms with Crippen LogP contribution in [0.3, 0.4) is 0 Å². The number of halogens is 3. The van der Waals surface area contributed by atoms with E-state index < -0.39 is 5.51 Å². The number of hydrogen-bond acceptors (Lipinski definition) is 6. The van der Waals surface area contributed by atoms with Crippen LogP contribution in [0.15, 0.2) is 53.4 Å². The minimum absolute atomic E-state index is 0.0480. The predicted molar refractivity (Wildman–Crippen MR) is 129 cm³/mol. The van der Waals surface area contributed by atoms with Gasteiger partial charge in [0, 0.05) is 43.0 Å². The van der Waals surface area contributed by atoms with Crippen LogP contribution in [0, 0.1) is 0 Å². The molecule has 0 saturated heterocycles. The molecule has 3 aromatic rings. The van der Waals surface area contributed by atoms with Gasteiger partial charge in [-0.25, -0.2) is 4.98 Å². The van der Waals surface area contributed by atoms with Crippen molar-refractivity contribution in [2.75, 3.05) is 24.3 Å². The van der Waals surface area contributed by atoms with Crippen LogP contribution in [0.5, 0.6) is 0 Å². The molecule has 2 aromatic carbocycles. The third-order valence-electron chi connectivity index (χ3n) is 5.85. The van der Waals surface area contributed by atoms with Gasteiger partial charge in [-0.2, -0.15) is 18.2 Å². The molecular weight excluding hydrogens is 447 g/mol.